The maximum absolute atomic E-state index is 8.98. The first-order chi connectivity index (χ1) is 9.81. The van der Waals surface area contributed by atoms with Crippen molar-refractivity contribution in [2.75, 3.05) is 39.3 Å². The van der Waals surface area contributed by atoms with Gasteiger partial charge in [0.2, 0.25) is 0 Å². The Balaban J connectivity index is 1.76. The smallest absolute Gasteiger partial charge is 0.0558 e. The summed E-state index contributed by atoms with van der Waals surface area (Å²) in [7, 11) is 0. The van der Waals surface area contributed by atoms with Gasteiger partial charge in [0.25, 0.3) is 0 Å². The van der Waals surface area contributed by atoms with E-state index in [-0.39, 0.29) is 0 Å². The van der Waals surface area contributed by atoms with E-state index >= 15 is 0 Å². The molecule has 0 radical (unpaired) electrons. The van der Waals surface area contributed by atoms with E-state index in [9.17, 15) is 0 Å². The Morgan fingerprint density at radius 3 is 2.50 bits per heavy atom. The van der Waals surface area contributed by atoms with E-state index in [1.165, 1.54) is 24.9 Å². The number of nitrogens with zero attached hydrogens (tertiary/aromatic N) is 2. The molecule has 1 aliphatic heterocycles. The highest BCUT2D eigenvalue weighted by molar-refractivity contribution is 5.14. The van der Waals surface area contributed by atoms with Crippen molar-refractivity contribution in [3.05, 3.63) is 35.9 Å². The van der Waals surface area contributed by atoms with Gasteiger partial charge in [-0.25, -0.2) is 0 Å². The van der Waals surface area contributed by atoms with Crippen LogP contribution in [-0.4, -0.2) is 54.2 Å². The molecule has 0 aromatic heterocycles. The molecule has 0 atom stereocenters. The predicted molar refractivity (Wildman–Crippen MR) is 83.6 cm³/mol. The van der Waals surface area contributed by atoms with Gasteiger partial charge in [-0.05, 0) is 44.0 Å². The third kappa shape index (κ3) is 4.89. The summed E-state index contributed by atoms with van der Waals surface area (Å²) in [6.07, 6.45) is 2.54. The minimum absolute atomic E-state index is 0.291. The van der Waals surface area contributed by atoms with Gasteiger partial charge in [0.1, 0.15) is 0 Å². The van der Waals surface area contributed by atoms with Gasteiger partial charge in [0, 0.05) is 19.6 Å². The summed E-state index contributed by atoms with van der Waals surface area (Å²) >= 11 is 0. The largest absolute Gasteiger partial charge is 0.395 e. The minimum atomic E-state index is 0.291. The molecule has 0 unspecified atom stereocenters. The number of aliphatic hydroxyl groups excluding tert-OH is 1. The van der Waals surface area contributed by atoms with Crippen LogP contribution in [0.5, 0.6) is 0 Å². The molecule has 1 fully saturated rings. The van der Waals surface area contributed by atoms with Gasteiger partial charge in [-0.1, -0.05) is 37.3 Å². The predicted octanol–water partition coefficient (Wildman–Crippen LogP) is 2.21. The molecule has 112 valence electrons. The normalized spacial score (nSPS) is 17.8. The fraction of sp³-hybridized carbons (Fsp3) is 0.647. The summed E-state index contributed by atoms with van der Waals surface area (Å²) in [5, 5.41) is 8.98. The van der Waals surface area contributed by atoms with Crippen molar-refractivity contribution in [3.8, 4) is 0 Å². The number of likely N-dealkylation sites (tertiary alicyclic amines) is 1. The summed E-state index contributed by atoms with van der Waals surface area (Å²) < 4.78 is 0. The highest BCUT2D eigenvalue weighted by Gasteiger charge is 2.20. The first kappa shape index (κ1) is 15.5. The highest BCUT2D eigenvalue weighted by atomic mass is 16.3. The molecular formula is C17H28N2O. The standard InChI is InChI=1S/C17H28N2O/c1-2-18(14-16-6-4-3-5-7-16)15-17-8-10-19(11-9-17)12-13-20/h3-7,17,20H,2,8-15H2,1H3. The second kappa shape index (κ2) is 8.40. The zero-order chi connectivity index (χ0) is 14.2. The van der Waals surface area contributed by atoms with Crippen LogP contribution in [0.4, 0.5) is 0 Å². The Hall–Kier alpha value is -0.900. The van der Waals surface area contributed by atoms with Crippen molar-refractivity contribution in [3.63, 3.8) is 0 Å². The van der Waals surface area contributed by atoms with E-state index in [0.29, 0.717) is 6.61 Å². The van der Waals surface area contributed by atoms with Gasteiger partial charge in [-0.3, -0.25) is 4.90 Å². The number of β-amino-alcohol motifs (C(OH)–C–C–N with tert-alkyl or cyclic N) is 1. The van der Waals surface area contributed by atoms with E-state index in [1.807, 2.05) is 0 Å². The molecule has 0 saturated carbocycles. The van der Waals surface area contributed by atoms with Crippen molar-refractivity contribution in [1.29, 1.82) is 0 Å². The molecule has 1 N–H and O–H groups in total. The zero-order valence-electron chi connectivity index (χ0n) is 12.7. The summed E-state index contributed by atoms with van der Waals surface area (Å²) in [6, 6.07) is 10.8. The SMILES string of the molecule is CCN(Cc1ccccc1)CC1CCN(CCO)CC1. The van der Waals surface area contributed by atoms with Gasteiger partial charge >= 0.3 is 0 Å². The van der Waals surface area contributed by atoms with Crippen molar-refractivity contribution < 1.29 is 5.11 Å². The van der Waals surface area contributed by atoms with Crippen LogP contribution in [0.3, 0.4) is 0 Å². The van der Waals surface area contributed by atoms with Crippen LogP contribution >= 0.6 is 0 Å². The van der Waals surface area contributed by atoms with Gasteiger partial charge in [0.05, 0.1) is 6.61 Å². The first-order valence-corrected chi connectivity index (χ1v) is 7.91. The Labute approximate surface area is 123 Å². The fourth-order valence-corrected chi connectivity index (χ4v) is 3.05. The van der Waals surface area contributed by atoms with E-state index in [4.69, 9.17) is 5.11 Å². The summed E-state index contributed by atoms with van der Waals surface area (Å²) in [4.78, 5) is 4.94. The van der Waals surface area contributed by atoms with Crippen LogP contribution in [0.1, 0.15) is 25.3 Å². The molecule has 0 bridgehead atoms. The molecule has 20 heavy (non-hydrogen) atoms. The number of piperidine rings is 1. The number of hydrogen-bond acceptors (Lipinski definition) is 3. The van der Waals surface area contributed by atoms with Gasteiger partial charge < -0.3 is 10.0 Å². The van der Waals surface area contributed by atoms with E-state index < -0.39 is 0 Å². The molecule has 3 nitrogen and oxygen atoms in total. The first-order valence-electron chi connectivity index (χ1n) is 7.91. The summed E-state index contributed by atoms with van der Waals surface area (Å²) in [5.41, 5.74) is 1.41. The Morgan fingerprint density at radius 2 is 1.90 bits per heavy atom. The summed E-state index contributed by atoms with van der Waals surface area (Å²) in [5.74, 6) is 0.814. The van der Waals surface area contributed by atoms with Gasteiger partial charge in [0.15, 0.2) is 0 Å². The van der Waals surface area contributed by atoms with Crippen molar-refractivity contribution in [1.82, 2.24) is 9.80 Å². The van der Waals surface area contributed by atoms with Crippen molar-refractivity contribution >= 4 is 0 Å². The quantitative estimate of drug-likeness (QED) is 0.827. The summed E-state index contributed by atoms with van der Waals surface area (Å²) in [6.45, 7) is 9.07. The lowest BCUT2D eigenvalue weighted by molar-refractivity contribution is 0.123. The van der Waals surface area contributed by atoms with Crippen LogP contribution in [0.25, 0.3) is 0 Å². The van der Waals surface area contributed by atoms with Crippen molar-refractivity contribution in [2.24, 2.45) is 5.92 Å². The average molecular weight is 276 g/mol. The number of aliphatic hydroxyl groups is 1. The van der Waals surface area contributed by atoms with Gasteiger partial charge in [-0.15, -0.1) is 0 Å². The lowest BCUT2D eigenvalue weighted by atomic mass is 9.96. The van der Waals surface area contributed by atoms with E-state index in [1.54, 1.807) is 0 Å². The Kier molecular flexibility index (Phi) is 6.51. The Bertz CT molecular complexity index is 361. The monoisotopic (exact) mass is 276 g/mol. The van der Waals surface area contributed by atoms with Crippen LogP contribution in [0, 0.1) is 5.92 Å². The third-order valence-corrected chi connectivity index (χ3v) is 4.34. The molecule has 0 aliphatic carbocycles. The van der Waals surface area contributed by atoms with Crippen LogP contribution in [0.2, 0.25) is 0 Å². The highest BCUT2D eigenvalue weighted by Crippen LogP contribution is 2.19. The molecule has 0 spiro atoms. The number of hydrogen-bond donors (Lipinski definition) is 1. The molecule has 1 heterocycles. The van der Waals surface area contributed by atoms with Crippen LogP contribution in [0.15, 0.2) is 30.3 Å². The van der Waals surface area contributed by atoms with Crippen LogP contribution < -0.4 is 0 Å². The number of benzene rings is 1. The fourth-order valence-electron chi connectivity index (χ4n) is 3.05. The molecule has 1 aromatic rings. The second-order valence-corrected chi connectivity index (χ2v) is 5.82. The van der Waals surface area contributed by atoms with Gasteiger partial charge in [-0.2, -0.15) is 0 Å². The molecule has 3 heteroatoms. The zero-order valence-corrected chi connectivity index (χ0v) is 12.7. The molecular weight excluding hydrogens is 248 g/mol. The lowest BCUT2D eigenvalue weighted by Gasteiger charge is -2.34. The topological polar surface area (TPSA) is 26.7 Å². The Morgan fingerprint density at radius 1 is 1.20 bits per heavy atom. The maximum Gasteiger partial charge on any atom is 0.0558 e. The minimum Gasteiger partial charge on any atom is -0.395 e. The van der Waals surface area contributed by atoms with E-state index in [2.05, 4.69) is 47.1 Å². The molecule has 1 aromatic carbocycles. The van der Waals surface area contributed by atoms with Crippen LogP contribution in [-0.2, 0) is 6.54 Å². The maximum atomic E-state index is 8.98. The number of rotatable bonds is 7. The molecule has 1 aliphatic rings. The molecule has 1 saturated heterocycles. The lowest BCUT2D eigenvalue weighted by Crippen LogP contribution is -2.39. The average Bonchev–Trinajstić information content (AvgIpc) is 2.50. The third-order valence-electron chi connectivity index (χ3n) is 4.34. The molecule has 2 rings (SSSR count). The second-order valence-electron chi connectivity index (χ2n) is 5.82. The van der Waals surface area contributed by atoms with E-state index in [0.717, 1.165) is 38.6 Å². The molecule has 0 amide bonds. The van der Waals surface area contributed by atoms with Crippen molar-refractivity contribution in [2.45, 2.75) is 26.3 Å².